The van der Waals surface area contributed by atoms with Crippen molar-refractivity contribution in [3.05, 3.63) is 29.8 Å². The molecule has 6 nitrogen and oxygen atoms in total. The van der Waals surface area contributed by atoms with Crippen LogP contribution in [0.15, 0.2) is 29.3 Å². The predicted octanol–water partition coefficient (Wildman–Crippen LogP) is 1.82. The minimum atomic E-state index is -2.94. The van der Waals surface area contributed by atoms with Crippen molar-refractivity contribution >= 4 is 15.8 Å². The summed E-state index contributed by atoms with van der Waals surface area (Å²) in [4.78, 5) is 4.20. The van der Waals surface area contributed by atoms with E-state index in [1.165, 1.54) is 6.26 Å². The van der Waals surface area contributed by atoms with Crippen LogP contribution in [0.4, 0.5) is 0 Å². The van der Waals surface area contributed by atoms with Gasteiger partial charge in [0.1, 0.15) is 15.6 Å². The fourth-order valence-corrected chi connectivity index (χ4v) is 2.95. The Bertz CT molecular complexity index is 638. The lowest BCUT2D eigenvalue weighted by Gasteiger charge is -2.25. The summed E-state index contributed by atoms with van der Waals surface area (Å²) in [5, 5.41) is 6.51. The maximum atomic E-state index is 11.3. The van der Waals surface area contributed by atoms with Gasteiger partial charge < -0.3 is 15.4 Å². The lowest BCUT2D eigenvalue weighted by atomic mass is 9.90. The van der Waals surface area contributed by atoms with Gasteiger partial charge in [-0.2, -0.15) is 0 Å². The summed E-state index contributed by atoms with van der Waals surface area (Å²) in [7, 11) is 0.421. The number of guanidine groups is 1. The van der Waals surface area contributed by atoms with E-state index in [-0.39, 0.29) is 11.2 Å². The number of sulfone groups is 1. The van der Waals surface area contributed by atoms with Gasteiger partial charge in [0.2, 0.25) is 0 Å². The number of hydrogen-bond acceptors (Lipinski definition) is 4. The van der Waals surface area contributed by atoms with Gasteiger partial charge in [-0.3, -0.25) is 4.99 Å². The zero-order valence-corrected chi connectivity index (χ0v) is 16.0. The predicted molar refractivity (Wildman–Crippen MR) is 99.3 cm³/mol. The lowest BCUT2D eigenvalue weighted by Crippen LogP contribution is -2.42. The van der Waals surface area contributed by atoms with Crippen LogP contribution in [-0.2, 0) is 16.4 Å². The van der Waals surface area contributed by atoms with Crippen LogP contribution in [0.5, 0.6) is 5.75 Å². The highest BCUT2D eigenvalue weighted by atomic mass is 32.2. The van der Waals surface area contributed by atoms with Gasteiger partial charge in [0, 0.05) is 26.4 Å². The Morgan fingerprint density at radius 1 is 1.21 bits per heavy atom. The molecular formula is C17H29N3O3S. The molecule has 0 saturated heterocycles. The number of rotatable bonds is 8. The first-order chi connectivity index (χ1) is 11.1. The van der Waals surface area contributed by atoms with Crippen LogP contribution in [0, 0.1) is 5.41 Å². The number of ether oxygens (including phenoxy) is 1. The van der Waals surface area contributed by atoms with Gasteiger partial charge in [0.15, 0.2) is 5.96 Å². The number of nitrogens with zero attached hydrogens (tertiary/aromatic N) is 1. The molecule has 136 valence electrons. The summed E-state index contributed by atoms with van der Waals surface area (Å²) in [6.45, 7) is 5.38. The van der Waals surface area contributed by atoms with E-state index in [4.69, 9.17) is 4.74 Å². The summed E-state index contributed by atoms with van der Waals surface area (Å²) in [6, 6.07) is 7.83. The van der Waals surface area contributed by atoms with E-state index in [9.17, 15) is 8.42 Å². The molecule has 0 saturated carbocycles. The number of benzene rings is 1. The van der Waals surface area contributed by atoms with Crippen molar-refractivity contribution in [2.75, 3.05) is 32.7 Å². The van der Waals surface area contributed by atoms with Crippen molar-refractivity contribution in [3.8, 4) is 5.75 Å². The Balaban J connectivity index is 2.46. The quantitative estimate of drug-likeness (QED) is 0.549. The normalized spacial score (nSPS) is 12.8. The third-order valence-corrected chi connectivity index (χ3v) is 4.67. The molecule has 2 N–H and O–H groups in total. The molecule has 0 aliphatic heterocycles. The summed E-state index contributed by atoms with van der Waals surface area (Å²) in [5.41, 5.74) is 0.982. The molecule has 1 aromatic carbocycles. The van der Waals surface area contributed by atoms with E-state index in [0.717, 1.165) is 11.3 Å². The summed E-state index contributed by atoms with van der Waals surface area (Å²) >= 11 is 0. The summed E-state index contributed by atoms with van der Waals surface area (Å²) in [6.07, 6.45) is 1.88. The van der Waals surface area contributed by atoms with E-state index in [1.54, 1.807) is 14.2 Å². The zero-order chi connectivity index (χ0) is 18.2. The van der Waals surface area contributed by atoms with Gasteiger partial charge in [-0.15, -0.1) is 0 Å². The fraction of sp³-hybridized carbons (Fsp3) is 0.588. The Morgan fingerprint density at radius 2 is 1.83 bits per heavy atom. The maximum Gasteiger partial charge on any atom is 0.191 e. The molecule has 1 aromatic rings. The smallest absolute Gasteiger partial charge is 0.191 e. The first-order valence-electron chi connectivity index (χ1n) is 7.90. The highest BCUT2D eigenvalue weighted by Crippen LogP contribution is 2.19. The SMILES string of the molecule is CN=C(NCc1ccc(OC)cc1)NCC(C)(C)CCS(C)(=O)=O. The molecule has 7 heteroatoms. The average Bonchev–Trinajstić information content (AvgIpc) is 2.53. The van der Waals surface area contributed by atoms with Crippen molar-refractivity contribution in [1.29, 1.82) is 0 Å². The van der Waals surface area contributed by atoms with Crippen molar-refractivity contribution in [2.24, 2.45) is 10.4 Å². The first-order valence-corrected chi connectivity index (χ1v) is 9.96. The van der Waals surface area contributed by atoms with Crippen LogP contribution in [0.2, 0.25) is 0 Å². The molecule has 0 unspecified atom stereocenters. The monoisotopic (exact) mass is 355 g/mol. The van der Waals surface area contributed by atoms with Gasteiger partial charge >= 0.3 is 0 Å². The largest absolute Gasteiger partial charge is 0.497 e. The van der Waals surface area contributed by atoms with E-state index >= 15 is 0 Å². The Labute approximate surface area is 145 Å². The van der Waals surface area contributed by atoms with E-state index < -0.39 is 9.84 Å². The minimum Gasteiger partial charge on any atom is -0.497 e. The third kappa shape index (κ3) is 8.19. The van der Waals surface area contributed by atoms with Crippen LogP contribution in [-0.4, -0.2) is 47.1 Å². The molecule has 0 aromatic heterocycles. The van der Waals surface area contributed by atoms with Gasteiger partial charge in [0.25, 0.3) is 0 Å². The molecule has 0 amide bonds. The molecule has 0 bridgehead atoms. The van der Waals surface area contributed by atoms with Gasteiger partial charge in [-0.25, -0.2) is 8.42 Å². The van der Waals surface area contributed by atoms with Gasteiger partial charge in [-0.1, -0.05) is 26.0 Å². The highest BCUT2D eigenvalue weighted by Gasteiger charge is 2.20. The number of aliphatic imine (C=N–C) groups is 1. The van der Waals surface area contributed by atoms with Crippen LogP contribution in [0.3, 0.4) is 0 Å². The van der Waals surface area contributed by atoms with Gasteiger partial charge in [-0.05, 0) is 29.5 Å². The zero-order valence-electron chi connectivity index (χ0n) is 15.2. The Morgan fingerprint density at radius 3 is 2.33 bits per heavy atom. The van der Waals surface area contributed by atoms with Crippen LogP contribution in [0.25, 0.3) is 0 Å². The third-order valence-electron chi connectivity index (χ3n) is 3.73. The fourth-order valence-electron chi connectivity index (χ4n) is 2.02. The molecule has 1 rings (SSSR count). The van der Waals surface area contributed by atoms with Crippen molar-refractivity contribution in [1.82, 2.24) is 10.6 Å². The van der Waals surface area contributed by atoms with Crippen LogP contribution >= 0.6 is 0 Å². The van der Waals surface area contributed by atoms with E-state index in [0.29, 0.717) is 25.5 Å². The molecular weight excluding hydrogens is 326 g/mol. The van der Waals surface area contributed by atoms with Crippen molar-refractivity contribution < 1.29 is 13.2 Å². The molecule has 0 spiro atoms. The molecule has 0 aliphatic carbocycles. The Kier molecular flexibility index (Phi) is 7.54. The van der Waals surface area contributed by atoms with Crippen molar-refractivity contribution in [2.45, 2.75) is 26.8 Å². The standard InChI is InChI=1S/C17H29N3O3S/c1-17(2,10-11-24(5,21)22)13-20-16(18-3)19-12-14-6-8-15(23-4)9-7-14/h6-9H,10-13H2,1-5H3,(H2,18,19,20). The summed E-state index contributed by atoms with van der Waals surface area (Å²) < 4.78 is 27.8. The summed E-state index contributed by atoms with van der Waals surface area (Å²) in [5.74, 6) is 1.71. The highest BCUT2D eigenvalue weighted by molar-refractivity contribution is 7.90. The Hall–Kier alpha value is -1.76. The number of nitrogens with one attached hydrogen (secondary N) is 2. The van der Waals surface area contributed by atoms with Crippen LogP contribution in [0.1, 0.15) is 25.8 Å². The molecule has 0 aliphatic rings. The minimum absolute atomic E-state index is 0.138. The molecule has 24 heavy (non-hydrogen) atoms. The molecule has 0 heterocycles. The lowest BCUT2D eigenvalue weighted by molar-refractivity contribution is 0.348. The average molecular weight is 356 g/mol. The second-order valence-corrected chi connectivity index (χ2v) is 8.93. The second kappa shape index (κ2) is 8.92. The molecule has 0 radical (unpaired) electrons. The number of methoxy groups -OCH3 is 1. The second-order valence-electron chi connectivity index (χ2n) is 6.67. The van der Waals surface area contributed by atoms with E-state index in [1.807, 2.05) is 38.1 Å². The maximum absolute atomic E-state index is 11.3. The first kappa shape index (κ1) is 20.3. The molecule has 0 atom stereocenters. The van der Waals surface area contributed by atoms with Gasteiger partial charge in [0.05, 0.1) is 12.9 Å². The van der Waals surface area contributed by atoms with E-state index in [2.05, 4.69) is 15.6 Å². The number of hydrogen-bond donors (Lipinski definition) is 2. The topological polar surface area (TPSA) is 79.8 Å². The van der Waals surface area contributed by atoms with Crippen molar-refractivity contribution in [3.63, 3.8) is 0 Å². The van der Waals surface area contributed by atoms with Crippen LogP contribution < -0.4 is 15.4 Å². The molecule has 0 fully saturated rings.